The summed E-state index contributed by atoms with van der Waals surface area (Å²) in [6, 6.07) is 12.8. The van der Waals surface area contributed by atoms with E-state index in [9.17, 15) is 14.0 Å². The summed E-state index contributed by atoms with van der Waals surface area (Å²) in [4.78, 5) is 6.86. The number of hydrogen-bond acceptors (Lipinski definition) is 7. The number of aromatic nitrogens is 4. The molecule has 8 nitrogen and oxygen atoms in total. The highest BCUT2D eigenvalue weighted by molar-refractivity contribution is 6.36. The van der Waals surface area contributed by atoms with Gasteiger partial charge >= 0.3 is 0 Å². The summed E-state index contributed by atoms with van der Waals surface area (Å²) in [6.07, 6.45) is 7.28. The molecule has 46 heavy (non-hydrogen) atoms. The van der Waals surface area contributed by atoms with Crippen molar-refractivity contribution < 1.29 is 8.78 Å². The average Bonchev–Trinajstić information content (AvgIpc) is 3.53. The van der Waals surface area contributed by atoms with Crippen molar-refractivity contribution >= 4 is 45.5 Å². The Morgan fingerprint density at radius 2 is 1.89 bits per heavy atom. The van der Waals surface area contributed by atoms with Crippen molar-refractivity contribution in [2.45, 2.75) is 51.2 Å². The molecule has 2 aromatic carbocycles. The Morgan fingerprint density at radius 3 is 2.54 bits per heavy atom. The van der Waals surface area contributed by atoms with Gasteiger partial charge in [-0.05, 0) is 75.6 Å². The molecule has 4 aromatic rings. The minimum absolute atomic E-state index is 0.118. The van der Waals surface area contributed by atoms with Crippen molar-refractivity contribution in [1.82, 2.24) is 24.9 Å². The van der Waals surface area contributed by atoms with Crippen LogP contribution in [0.2, 0.25) is 10.0 Å². The molecule has 238 valence electrons. The van der Waals surface area contributed by atoms with Gasteiger partial charge in [0.05, 0.1) is 52.1 Å². The molecule has 12 heteroatoms. The zero-order valence-corrected chi connectivity index (χ0v) is 27.2. The number of benzene rings is 2. The summed E-state index contributed by atoms with van der Waals surface area (Å²) in [5, 5.41) is 26.7. The molecule has 0 amide bonds. The summed E-state index contributed by atoms with van der Waals surface area (Å²) in [5.74, 6) is -0.807. The molecule has 3 heterocycles. The summed E-state index contributed by atoms with van der Waals surface area (Å²) in [7, 11) is 0. The van der Waals surface area contributed by atoms with Crippen LogP contribution in [-0.4, -0.2) is 43.5 Å². The van der Waals surface area contributed by atoms with Gasteiger partial charge in [-0.15, -0.1) is 5.10 Å². The maximum absolute atomic E-state index is 14.6. The molecule has 1 aliphatic rings. The number of allylic oxidation sites excluding steroid dienone is 3. The van der Waals surface area contributed by atoms with Crippen LogP contribution in [0, 0.1) is 11.3 Å². The van der Waals surface area contributed by atoms with E-state index >= 15 is 0 Å². The van der Waals surface area contributed by atoms with Crippen molar-refractivity contribution in [2.75, 3.05) is 23.7 Å². The second kappa shape index (κ2) is 14.0. The fourth-order valence-electron chi connectivity index (χ4n) is 5.55. The number of anilines is 2. The fourth-order valence-corrected chi connectivity index (χ4v) is 5.94. The number of nitrogens with one attached hydrogen (secondary N) is 2. The van der Waals surface area contributed by atoms with Gasteiger partial charge in [0.25, 0.3) is 0 Å². The van der Waals surface area contributed by atoms with Crippen LogP contribution in [0.15, 0.2) is 85.4 Å². The second-order valence-corrected chi connectivity index (χ2v) is 12.9. The molecule has 0 radical (unpaired) electrons. The van der Waals surface area contributed by atoms with Crippen LogP contribution in [0.1, 0.15) is 62.5 Å². The van der Waals surface area contributed by atoms with Gasteiger partial charge in [-0.25, -0.2) is 13.5 Å². The Morgan fingerprint density at radius 1 is 1.17 bits per heavy atom. The number of nitrogens with zero attached hydrogens (tertiary/aromatic N) is 6. The minimum atomic E-state index is -0.807. The van der Waals surface area contributed by atoms with Gasteiger partial charge in [-0.2, -0.15) is 5.26 Å². The van der Waals surface area contributed by atoms with Crippen LogP contribution < -0.4 is 10.6 Å². The van der Waals surface area contributed by atoms with E-state index in [0.29, 0.717) is 32.3 Å². The quantitative estimate of drug-likeness (QED) is 0.173. The highest BCUT2D eigenvalue weighted by Gasteiger charge is 2.29. The second-order valence-electron chi connectivity index (χ2n) is 12.1. The van der Waals surface area contributed by atoms with Gasteiger partial charge in [0, 0.05) is 40.9 Å². The highest BCUT2D eigenvalue weighted by Crippen LogP contribution is 2.37. The van der Waals surface area contributed by atoms with Crippen LogP contribution >= 0.6 is 23.2 Å². The zero-order chi connectivity index (χ0) is 33.0. The van der Waals surface area contributed by atoms with Crippen LogP contribution in [0.4, 0.5) is 20.2 Å². The lowest BCUT2D eigenvalue weighted by molar-refractivity contribution is 0.0866. The monoisotopic (exact) mass is 662 g/mol. The van der Waals surface area contributed by atoms with Gasteiger partial charge in [0.2, 0.25) is 0 Å². The number of halogens is 4. The summed E-state index contributed by atoms with van der Waals surface area (Å²) >= 11 is 12.9. The lowest BCUT2D eigenvalue weighted by atomic mass is 9.98. The van der Waals surface area contributed by atoms with Crippen LogP contribution in [0.5, 0.6) is 0 Å². The molecule has 0 spiro atoms. The normalized spacial score (nSPS) is 15.7. The smallest absolute Gasteiger partial charge is 0.146 e. The molecule has 2 aromatic heterocycles. The van der Waals surface area contributed by atoms with E-state index in [2.05, 4.69) is 64.2 Å². The van der Waals surface area contributed by atoms with E-state index in [1.165, 1.54) is 6.20 Å². The van der Waals surface area contributed by atoms with Crippen molar-refractivity contribution in [3.63, 3.8) is 0 Å². The van der Waals surface area contributed by atoms with Crippen molar-refractivity contribution in [3.05, 3.63) is 112 Å². The molecule has 5 rings (SSSR count). The van der Waals surface area contributed by atoms with E-state index in [1.54, 1.807) is 12.1 Å². The Hall–Kier alpha value is -4.30. The number of fused-ring (bicyclic) bond motifs is 1. The maximum Gasteiger partial charge on any atom is 0.146 e. The predicted molar refractivity (Wildman–Crippen MR) is 180 cm³/mol. The number of hydrogen-bond donors (Lipinski definition) is 2. The van der Waals surface area contributed by atoms with Crippen LogP contribution in [-0.2, 0) is 0 Å². The number of nitriles is 1. The largest absolute Gasteiger partial charge is 0.373 e. The third-order valence-electron chi connectivity index (χ3n) is 8.05. The molecular weight excluding hydrogens is 629 g/mol. The van der Waals surface area contributed by atoms with Gasteiger partial charge in [0.15, 0.2) is 0 Å². The molecule has 0 saturated carbocycles. The van der Waals surface area contributed by atoms with Crippen molar-refractivity contribution in [1.29, 1.82) is 5.26 Å². The predicted octanol–water partition coefficient (Wildman–Crippen LogP) is 8.90. The molecule has 2 N–H and O–H groups in total. The first kappa shape index (κ1) is 33.1. The molecule has 0 unspecified atom stereocenters. The molecule has 1 saturated heterocycles. The van der Waals surface area contributed by atoms with E-state index in [1.807, 2.05) is 35.1 Å². The number of likely N-dealkylation sites (tertiary alicyclic amines) is 1. The lowest BCUT2D eigenvalue weighted by Crippen LogP contribution is -2.46. The van der Waals surface area contributed by atoms with Gasteiger partial charge in [-0.3, -0.25) is 9.88 Å². The highest BCUT2D eigenvalue weighted by atomic mass is 35.5. The van der Waals surface area contributed by atoms with Crippen LogP contribution in [0.3, 0.4) is 0 Å². The minimum Gasteiger partial charge on any atom is -0.373 e. The van der Waals surface area contributed by atoms with E-state index < -0.39 is 11.9 Å². The molecular formula is C34H34Cl2F2N8. The molecule has 1 atom stereocenters. The Kier molecular flexibility index (Phi) is 10.1. The third-order valence-corrected chi connectivity index (χ3v) is 8.59. The maximum atomic E-state index is 14.6. The number of piperidine rings is 1. The molecule has 0 aliphatic carbocycles. The molecule has 1 fully saturated rings. The first-order valence-electron chi connectivity index (χ1n) is 14.8. The first-order chi connectivity index (χ1) is 22.0. The molecule has 1 aliphatic heterocycles. The number of rotatable bonds is 9. The van der Waals surface area contributed by atoms with E-state index in [0.717, 1.165) is 43.6 Å². The van der Waals surface area contributed by atoms with Gasteiger partial charge in [0.1, 0.15) is 17.6 Å². The summed E-state index contributed by atoms with van der Waals surface area (Å²) in [6.45, 7) is 12.4. The van der Waals surface area contributed by atoms with Crippen molar-refractivity contribution in [2.24, 2.45) is 0 Å². The van der Waals surface area contributed by atoms with E-state index in [4.69, 9.17) is 23.2 Å². The fraction of sp³-hybridized carbons (Fsp3) is 0.294. The Bertz CT molecular complexity index is 1830. The van der Waals surface area contributed by atoms with Crippen LogP contribution in [0.25, 0.3) is 10.9 Å². The molecule has 0 bridgehead atoms. The lowest BCUT2D eigenvalue weighted by Gasteiger charge is -2.40. The number of pyridine rings is 1. The zero-order valence-electron chi connectivity index (χ0n) is 25.7. The first-order valence-corrected chi connectivity index (χ1v) is 15.5. The van der Waals surface area contributed by atoms with Gasteiger partial charge < -0.3 is 10.6 Å². The summed E-state index contributed by atoms with van der Waals surface area (Å²) < 4.78 is 29.0. The average molecular weight is 664 g/mol. The van der Waals surface area contributed by atoms with Crippen molar-refractivity contribution in [3.8, 4) is 6.07 Å². The Balaban J connectivity index is 1.51. The third kappa shape index (κ3) is 7.39. The Labute approximate surface area is 277 Å². The SMILES string of the molecule is C=C(Nc1c(C#N)cnc2c(Cl)cc(N[C@@H](c3ccc(Cl)cc3)c3cn(C4CCN(C(C)(C)C)CC4)nn3)cc12)/C(F)=C\C=C/F. The topological polar surface area (TPSA) is 94.7 Å². The summed E-state index contributed by atoms with van der Waals surface area (Å²) in [5.41, 5.74) is 2.92. The van der Waals surface area contributed by atoms with Gasteiger partial charge in [-0.1, -0.05) is 47.1 Å². The van der Waals surface area contributed by atoms with E-state index in [-0.39, 0.29) is 34.9 Å². The standard InChI is InChI=1S/C34H34Cl2F2N8/c1-21(29(38)6-5-13-37)41-31-23(18-39)19-40-33-27(31)16-25(17-28(33)36)42-32(22-7-9-24(35)10-8-22)30-20-46(44-43-30)26-11-14-45(15-12-26)34(2,3)4/h5-10,13,16-17,19-20,26,32,42H,1,11-12,14-15H2,2-4H3,(H,40,41)/b13-5-,29-6+/t32-/m0/s1.